The molecule has 0 heterocycles. The zero-order chi connectivity index (χ0) is 9.66. The number of hydrogen-bond acceptors (Lipinski definition) is 4. The van der Waals surface area contributed by atoms with Crippen molar-refractivity contribution < 1.29 is 19.7 Å². The second kappa shape index (κ2) is 16.9. The molecule has 0 aliphatic carbocycles. The molecule has 0 bridgehead atoms. The number of aliphatic hydroxyl groups excluding tert-OH is 2. The minimum Gasteiger partial charge on any atom is -0.394 e. The molecule has 0 rings (SSSR count). The Labute approximate surface area is 73.4 Å². The van der Waals surface area contributed by atoms with Gasteiger partial charge in [-0.1, -0.05) is 6.08 Å². The number of aliphatic hydroxyl groups is 2. The van der Waals surface area contributed by atoms with Gasteiger partial charge in [-0.25, -0.2) is 0 Å². The predicted octanol–water partition coefficient (Wildman–Crippen LogP) is -0.194. The van der Waals surface area contributed by atoms with Gasteiger partial charge in [-0.05, 0) is 0 Å². The van der Waals surface area contributed by atoms with Crippen molar-refractivity contribution in [3.63, 3.8) is 0 Å². The molecule has 0 radical (unpaired) electrons. The van der Waals surface area contributed by atoms with Crippen LogP contribution in [0.2, 0.25) is 0 Å². The second-order valence-electron chi connectivity index (χ2n) is 1.80. The third kappa shape index (κ3) is 22.7. The van der Waals surface area contributed by atoms with Crippen LogP contribution in [0.4, 0.5) is 0 Å². The molecule has 0 unspecified atom stereocenters. The maximum absolute atomic E-state index is 8.13. The van der Waals surface area contributed by atoms with Gasteiger partial charge in [0.2, 0.25) is 0 Å². The van der Waals surface area contributed by atoms with Gasteiger partial charge < -0.3 is 19.7 Å². The lowest BCUT2D eigenvalue weighted by Crippen LogP contribution is -1.97. The third-order valence-corrected chi connectivity index (χ3v) is 0.767. The van der Waals surface area contributed by atoms with Crippen LogP contribution in [0.1, 0.15) is 0 Å². The van der Waals surface area contributed by atoms with E-state index in [-0.39, 0.29) is 13.2 Å². The number of methoxy groups -OCH3 is 1. The van der Waals surface area contributed by atoms with Crippen LogP contribution in [-0.2, 0) is 9.47 Å². The molecule has 0 spiro atoms. The zero-order valence-electron chi connectivity index (χ0n) is 7.53. The van der Waals surface area contributed by atoms with E-state index in [0.717, 1.165) is 0 Å². The van der Waals surface area contributed by atoms with Crippen molar-refractivity contribution in [2.24, 2.45) is 0 Å². The highest BCUT2D eigenvalue weighted by Gasteiger charge is 1.75. The molecule has 0 aromatic rings. The van der Waals surface area contributed by atoms with Crippen LogP contribution in [0.3, 0.4) is 0 Å². The Hall–Kier alpha value is -0.420. The van der Waals surface area contributed by atoms with Crippen LogP contribution in [-0.4, -0.2) is 50.4 Å². The summed E-state index contributed by atoms with van der Waals surface area (Å²) in [6.45, 7) is 5.02. The summed E-state index contributed by atoms with van der Waals surface area (Å²) in [5.41, 5.74) is 0. The van der Waals surface area contributed by atoms with Gasteiger partial charge in [-0.2, -0.15) is 0 Å². The molecule has 0 saturated heterocycles. The molecule has 0 aromatic heterocycles. The normalized spacial score (nSPS) is 8.58. The van der Waals surface area contributed by atoms with Crippen LogP contribution in [0.5, 0.6) is 0 Å². The van der Waals surface area contributed by atoms with E-state index in [1.807, 2.05) is 0 Å². The van der Waals surface area contributed by atoms with E-state index in [0.29, 0.717) is 19.8 Å². The van der Waals surface area contributed by atoms with E-state index in [1.165, 1.54) is 0 Å². The van der Waals surface area contributed by atoms with E-state index in [4.69, 9.17) is 14.9 Å². The van der Waals surface area contributed by atoms with Crippen molar-refractivity contribution in [2.45, 2.75) is 0 Å². The van der Waals surface area contributed by atoms with Crippen LogP contribution in [0, 0.1) is 0 Å². The van der Waals surface area contributed by atoms with Gasteiger partial charge in [0.25, 0.3) is 0 Å². The molecule has 74 valence electrons. The van der Waals surface area contributed by atoms with Gasteiger partial charge in [0, 0.05) is 7.11 Å². The van der Waals surface area contributed by atoms with Crippen molar-refractivity contribution >= 4 is 0 Å². The summed E-state index contributed by atoms with van der Waals surface area (Å²) in [7, 11) is 1.55. The first-order chi connectivity index (χ1) is 5.83. The number of hydrogen-bond donors (Lipinski definition) is 2. The average molecular weight is 178 g/mol. The van der Waals surface area contributed by atoms with Gasteiger partial charge in [0.15, 0.2) is 0 Å². The monoisotopic (exact) mass is 178 g/mol. The van der Waals surface area contributed by atoms with Crippen LogP contribution in [0.15, 0.2) is 12.7 Å². The van der Waals surface area contributed by atoms with E-state index in [1.54, 1.807) is 13.2 Å². The summed E-state index contributed by atoms with van der Waals surface area (Å²) in [6.07, 6.45) is 1.65. The lowest BCUT2D eigenvalue weighted by atomic mass is 10.7. The topological polar surface area (TPSA) is 58.9 Å². The summed E-state index contributed by atoms with van der Waals surface area (Å²) in [6, 6.07) is 0. The molecular formula is C8H18O4. The molecule has 0 atom stereocenters. The first kappa shape index (κ1) is 14.1. The van der Waals surface area contributed by atoms with Crippen molar-refractivity contribution in [3.05, 3.63) is 12.7 Å². The number of rotatable bonds is 6. The van der Waals surface area contributed by atoms with Gasteiger partial charge in [-0.15, -0.1) is 6.58 Å². The summed E-state index contributed by atoms with van der Waals surface area (Å²) in [5.74, 6) is 0. The second-order valence-corrected chi connectivity index (χ2v) is 1.80. The van der Waals surface area contributed by atoms with Crippen LogP contribution in [0.25, 0.3) is 0 Å². The lowest BCUT2D eigenvalue weighted by molar-refractivity contribution is 0.112. The molecule has 0 aliphatic heterocycles. The molecule has 4 nitrogen and oxygen atoms in total. The Morgan fingerprint density at radius 2 is 1.83 bits per heavy atom. The Morgan fingerprint density at radius 3 is 2.08 bits per heavy atom. The maximum atomic E-state index is 8.13. The SMILES string of the molecule is C=CCOCCO.COCCO. The predicted molar refractivity (Wildman–Crippen MR) is 47.1 cm³/mol. The molecule has 12 heavy (non-hydrogen) atoms. The molecule has 0 aliphatic rings. The standard InChI is InChI=1S/C5H10O2.C3H8O2/c1-2-4-7-5-3-6;1-5-3-2-4/h2,6H,1,3-5H2;4H,2-3H2,1H3. The molecule has 2 N–H and O–H groups in total. The maximum Gasteiger partial charge on any atom is 0.0701 e. The fraction of sp³-hybridized carbons (Fsp3) is 0.750. The molecular weight excluding hydrogens is 160 g/mol. The van der Waals surface area contributed by atoms with E-state index >= 15 is 0 Å². The van der Waals surface area contributed by atoms with Gasteiger partial charge in [-0.3, -0.25) is 0 Å². The van der Waals surface area contributed by atoms with E-state index < -0.39 is 0 Å². The Kier molecular flexibility index (Phi) is 19.9. The fourth-order valence-electron chi connectivity index (χ4n) is 0.323. The highest BCUT2D eigenvalue weighted by Crippen LogP contribution is 1.70. The molecule has 0 saturated carbocycles. The number of ether oxygens (including phenoxy) is 2. The summed E-state index contributed by atoms with van der Waals surface area (Å²) < 4.78 is 9.20. The van der Waals surface area contributed by atoms with E-state index in [2.05, 4.69) is 11.3 Å². The van der Waals surface area contributed by atoms with Crippen LogP contribution < -0.4 is 0 Å². The minimum atomic E-state index is 0.0911. The first-order valence-electron chi connectivity index (χ1n) is 3.72. The zero-order valence-corrected chi connectivity index (χ0v) is 7.53. The Morgan fingerprint density at radius 1 is 1.25 bits per heavy atom. The quantitative estimate of drug-likeness (QED) is 0.437. The van der Waals surface area contributed by atoms with Crippen molar-refractivity contribution in [2.75, 3.05) is 40.1 Å². The van der Waals surface area contributed by atoms with Gasteiger partial charge in [0.05, 0.1) is 33.0 Å². The fourth-order valence-corrected chi connectivity index (χ4v) is 0.323. The van der Waals surface area contributed by atoms with Crippen molar-refractivity contribution in [3.8, 4) is 0 Å². The largest absolute Gasteiger partial charge is 0.394 e. The highest BCUT2D eigenvalue weighted by atomic mass is 16.5. The average Bonchev–Trinajstić information content (AvgIpc) is 2.08. The van der Waals surface area contributed by atoms with Gasteiger partial charge >= 0.3 is 0 Å². The van der Waals surface area contributed by atoms with Crippen LogP contribution >= 0.6 is 0 Å². The third-order valence-electron chi connectivity index (χ3n) is 0.767. The molecule has 0 fully saturated rings. The summed E-state index contributed by atoms with van der Waals surface area (Å²) >= 11 is 0. The highest BCUT2D eigenvalue weighted by molar-refractivity contribution is 4.63. The molecule has 4 heteroatoms. The molecule has 0 aromatic carbocycles. The lowest BCUT2D eigenvalue weighted by Gasteiger charge is -1.92. The minimum absolute atomic E-state index is 0.0911. The Balaban J connectivity index is 0. The van der Waals surface area contributed by atoms with Crippen molar-refractivity contribution in [1.29, 1.82) is 0 Å². The van der Waals surface area contributed by atoms with Gasteiger partial charge in [0.1, 0.15) is 0 Å². The smallest absolute Gasteiger partial charge is 0.0701 e. The molecule has 0 amide bonds. The van der Waals surface area contributed by atoms with E-state index in [9.17, 15) is 0 Å². The first-order valence-corrected chi connectivity index (χ1v) is 3.72. The Bertz CT molecular complexity index is 73.5. The summed E-state index contributed by atoms with van der Waals surface area (Å²) in [4.78, 5) is 0. The summed E-state index contributed by atoms with van der Waals surface area (Å²) in [5, 5.41) is 16.1. The van der Waals surface area contributed by atoms with Crippen molar-refractivity contribution in [1.82, 2.24) is 0 Å².